The summed E-state index contributed by atoms with van der Waals surface area (Å²) >= 11 is 0. The number of rotatable bonds is 6. The molecule has 2 aromatic heterocycles. The molecule has 0 aliphatic carbocycles. The van der Waals surface area contributed by atoms with Gasteiger partial charge < -0.3 is 13.9 Å². The van der Waals surface area contributed by atoms with Gasteiger partial charge in [-0.15, -0.1) is 0 Å². The minimum absolute atomic E-state index is 0.200. The number of imidazole rings is 1. The van der Waals surface area contributed by atoms with Crippen molar-refractivity contribution >= 4 is 17.5 Å². The normalized spacial score (nSPS) is 11.7. The van der Waals surface area contributed by atoms with Crippen LogP contribution >= 0.6 is 0 Å². The molecule has 2 amide bonds. The summed E-state index contributed by atoms with van der Waals surface area (Å²) in [7, 11) is 0. The van der Waals surface area contributed by atoms with Crippen LogP contribution in [0.25, 0.3) is 5.65 Å². The number of nitrogens with one attached hydrogen (secondary N) is 2. The van der Waals surface area contributed by atoms with Crippen LogP contribution in [0.4, 0.5) is 0 Å². The highest BCUT2D eigenvalue weighted by Crippen LogP contribution is 2.18. The molecule has 1 unspecified atom stereocenters. The number of aromatic nitrogens is 2. The van der Waals surface area contributed by atoms with Gasteiger partial charge in [0.1, 0.15) is 22.8 Å². The van der Waals surface area contributed by atoms with E-state index in [4.69, 9.17) is 9.47 Å². The molecule has 3 rings (SSSR count). The molecule has 0 saturated carbocycles. The van der Waals surface area contributed by atoms with Crippen molar-refractivity contribution in [2.24, 2.45) is 0 Å². The largest absolute Gasteiger partial charge is 0.494 e. The van der Waals surface area contributed by atoms with Gasteiger partial charge in [-0.05, 0) is 62.7 Å². The van der Waals surface area contributed by atoms with E-state index in [1.165, 1.54) is 0 Å². The number of aryl methyl sites for hydroxylation is 1. The Hall–Kier alpha value is -3.55. The van der Waals surface area contributed by atoms with E-state index < -0.39 is 17.9 Å². The van der Waals surface area contributed by atoms with Gasteiger partial charge >= 0.3 is 0 Å². The average molecular weight is 382 g/mol. The van der Waals surface area contributed by atoms with Crippen LogP contribution in [0.2, 0.25) is 0 Å². The fourth-order valence-corrected chi connectivity index (χ4v) is 2.52. The lowest BCUT2D eigenvalue weighted by Crippen LogP contribution is -2.47. The molecule has 2 N–H and O–H groups in total. The molecule has 1 atom stereocenters. The van der Waals surface area contributed by atoms with Gasteiger partial charge in [0.25, 0.3) is 11.8 Å². The number of nitrogens with zero attached hydrogens (tertiary/aromatic N) is 2. The number of hydrogen-bond acceptors (Lipinski definition) is 5. The number of pyridine rings is 1. The van der Waals surface area contributed by atoms with Crippen molar-refractivity contribution in [2.45, 2.75) is 26.9 Å². The summed E-state index contributed by atoms with van der Waals surface area (Å²) in [5, 5.41) is 0. The second-order valence-electron chi connectivity index (χ2n) is 6.20. The first-order chi connectivity index (χ1) is 13.5. The van der Waals surface area contributed by atoms with E-state index in [1.54, 1.807) is 41.8 Å². The zero-order valence-corrected chi connectivity index (χ0v) is 15.9. The van der Waals surface area contributed by atoms with Crippen molar-refractivity contribution in [3.05, 3.63) is 60.0 Å². The van der Waals surface area contributed by atoms with E-state index >= 15 is 0 Å². The predicted molar refractivity (Wildman–Crippen MR) is 103 cm³/mol. The van der Waals surface area contributed by atoms with Crippen molar-refractivity contribution in [3.63, 3.8) is 0 Å². The highest BCUT2D eigenvalue weighted by Gasteiger charge is 2.17. The number of ether oxygens (including phenoxy) is 2. The van der Waals surface area contributed by atoms with Crippen LogP contribution in [0.5, 0.6) is 11.5 Å². The van der Waals surface area contributed by atoms with Crippen molar-refractivity contribution in [1.29, 1.82) is 0 Å². The smallest absolute Gasteiger partial charge is 0.289 e. The summed E-state index contributed by atoms with van der Waals surface area (Å²) in [6.45, 7) is 6.01. The summed E-state index contributed by atoms with van der Waals surface area (Å²) in [5.74, 6) is 0.250. The molecule has 0 radical (unpaired) electrons. The first kappa shape index (κ1) is 19.2. The van der Waals surface area contributed by atoms with Crippen molar-refractivity contribution in [1.82, 2.24) is 20.2 Å². The van der Waals surface area contributed by atoms with E-state index in [9.17, 15) is 9.59 Å². The first-order valence-corrected chi connectivity index (χ1v) is 8.91. The quantitative estimate of drug-likeness (QED) is 0.638. The number of hydrazine groups is 1. The fourth-order valence-electron chi connectivity index (χ4n) is 2.52. The number of fused-ring (bicyclic) bond motifs is 1. The molecule has 2 heterocycles. The second-order valence-corrected chi connectivity index (χ2v) is 6.20. The van der Waals surface area contributed by atoms with Gasteiger partial charge in [-0.25, -0.2) is 4.98 Å². The molecular formula is C20H22N4O4. The Morgan fingerprint density at radius 1 is 1.14 bits per heavy atom. The highest BCUT2D eigenvalue weighted by molar-refractivity contribution is 5.94. The summed E-state index contributed by atoms with van der Waals surface area (Å²) in [5.41, 5.74) is 6.60. The van der Waals surface area contributed by atoms with Gasteiger partial charge in [0.05, 0.1) is 6.61 Å². The van der Waals surface area contributed by atoms with Crippen LogP contribution in [0.15, 0.2) is 48.8 Å². The van der Waals surface area contributed by atoms with Gasteiger partial charge in [0, 0.05) is 12.4 Å². The maximum absolute atomic E-state index is 12.2. The zero-order chi connectivity index (χ0) is 20.1. The zero-order valence-electron chi connectivity index (χ0n) is 15.9. The molecule has 8 heteroatoms. The number of amides is 2. The molecule has 0 saturated heterocycles. The SMILES string of the molecule is CCOc1ccc(OC(C)C(=O)NNC(=O)c2cn3ccc(C)cc3n2)cc1. The van der Waals surface area contributed by atoms with Gasteiger partial charge in [-0.3, -0.25) is 20.4 Å². The number of carbonyl (C=O) groups excluding carboxylic acids is 2. The Labute approximate surface area is 162 Å². The second kappa shape index (κ2) is 8.43. The lowest BCUT2D eigenvalue weighted by Gasteiger charge is -2.15. The maximum Gasteiger partial charge on any atom is 0.289 e. The molecule has 28 heavy (non-hydrogen) atoms. The molecule has 0 aliphatic heterocycles. The summed E-state index contributed by atoms with van der Waals surface area (Å²) in [4.78, 5) is 28.6. The standard InChI is InChI=1S/C20H22N4O4/c1-4-27-15-5-7-16(8-6-15)28-14(3)19(25)22-23-20(26)17-12-24-10-9-13(2)11-18(24)21-17/h5-12,14H,4H2,1-3H3,(H,22,25)(H,23,26). The van der Waals surface area contributed by atoms with Gasteiger partial charge in [-0.1, -0.05) is 0 Å². The van der Waals surface area contributed by atoms with Gasteiger partial charge in [-0.2, -0.15) is 0 Å². The highest BCUT2D eigenvalue weighted by atomic mass is 16.5. The Morgan fingerprint density at radius 3 is 2.57 bits per heavy atom. The van der Waals surface area contributed by atoms with Crippen LogP contribution in [0, 0.1) is 6.92 Å². The third-order valence-corrected chi connectivity index (χ3v) is 3.96. The number of hydrogen-bond donors (Lipinski definition) is 2. The Bertz CT molecular complexity index is 982. The molecule has 8 nitrogen and oxygen atoms in total. The van der Waals surface area contributed by atoms with E-state index in [2.05, 4.69) is 15.8 Å². The topological polar surface area (TPSA) is 94.0 Å². The summed E-state index contributed by atoms with van der Waals surface area (Å²) in [6, 6.07) is 10.7. The van der Waals surface area contributed by atoms with Crippen LogP contribution < -0.4 is 20.3 Å². The average Bonchev–Trinajstić information content (AvgIpc) is 3.10. The van der Waals surface area contributed by atoms with Gasteiger partial charge in [0.2, 0.25) is 0 Å². The number of carbonyl (C=O) groups is 2. The van der Waals surface area contributed by atoms with Gasteiger partial charge in [0.15, 0.2) is 6.10 Å². The Kier molecular flexibility index (Phi) is 5.78. The third-order valence-electron chi connectivity index (χ3n) is 3.96. The van der Waals surface area contributed by atoms with E-state index in [0.29, 0.717) is 18.0 Å². The molecule has 0 spiro atoms. The van der Waals surface area contributed by atoms with Crippen LogP contribution in [-0.4, -0.2) is 33.9 Å². The third kappa shape index (κ3) is 4.59. The maximum atomic E-state index is 12.2. The fraction of sp³-hybridized carbons (Fsp3) is 0.250. The van der Waals surface area contributed by atoms with Crippen molar-refractivity contribution in [2.75, 3.05) is 6.61 Å². The van der Waals surface area contributed by atoms with Crippen molar-refractivity contribution < 1.29 is 19.1 Å². The van der Waals surface area contributed by atoms with Crippen LogP contribution in [0.3, 0.4) is 0 Å². The predicted octanol–water partition coefficient (Wildman–Crippen LogP) is 2.27. The van der Waals surface area contributed by atoms with Crippen molar-refractivity contribution in [3.8, 4) is 11.5 Å². The molecule has 0 aliphatic rings. The molecule has 0 bridgehead atoms. The molecule has 1 aromatic carbocycles. The van der Waals surface area contributed by atoms with E-state index in [1.807, 2.05) is 32.2 Å². The lowest BCUT2D eigenvalue weighted by atomic mass is 10.3. The minimum Gasteiger partial charge on any atom is -0.494 e. The molecule has 0 fully saturated rings. The van der Waals surface area contributed by atoms with E-state index in [-0.39, 0.29) is 5.69 Å². The minimum atomic E-state index is -0.804. The monoisotopic (exact) mass is 382 g/mol. The summed E-state index contributed by atoms with van der Waals surface area (Å²) in [6.07, 6.45) is 2.61. The summed E-state index contributed by atoms with van der Waals surface area (Å²) < 4.78 is 12.7. The lowest BCUT2D eigenvalue weighted by molar-refractivity contribution is -0.128. The molecule has 3 aromatic rings. The molecule has 146 valence electrons. The molecular weight excluding hydrogens is 360 g/mol. The Morgan fingerprint density at radius 2 is 1.86 bits per heavy atom. The first-order valence-electron chi connectivity index (χ1n) is 8.91. The van der Waals surface area contributed by atoms with Crippen LogP contribution in [-0.2, 0) is 4.79 Å². The Balaban J connectivity index is 1.53. The van der Waals surface area contributed by atoms with E-state index in [0.717, 1.165) is 11.3 Å². The number of benzene rings is 1. The van der Waals surface area contributed by atoms with Crippen LogP contribution in [0.1, 0.15) is 29.9 Å².